The number of H-pyrrole nitrogens is 1. The van der Waals surface area contributed by atoms with E-state index in [1.54, 1.807) is 20.3 Å². The molecule has 0 fully saturated rings. The SMILES string of the molecule is CN(C)S(=O)(=O)CCNCc1cn[nH]c1-c1ccccc1. The smallest absolute Gasteiger partial charge is 0.214 e. The minimum atomic E-state index is -3.15. The Balaban J connectivity index is 1.93. The second kappa shape index (κ2) is 6.84. The fraction of sp³-hybridized carbons (Fsp3) is 0.357. The van der Waals surface area contributed by atoms with Gasteiger partial charge in [-0.15, -0.1) is 0 Å². The molecule has 0 spiro atoms. The Kier molecular flexibility index (Phi) is 5.11. The van der Waals surface area contributed by atoms with Crippen molar-refractivity contribution in [3.63, 3.8) is 0 Å². The topological polar surface area (TPSA) is 78.1 Å². The van der Waals surface area contributed by atoms with E-state index in [1.807, 2.05) is 30.3 Å². The maximum atomic E-state index is 11.6. The maximum absolute atomic E-state index is 11.6. The molecule has 0 radical (unpaired) electrons. The summed E-state index contributed by atoms with van der Waals surface area (Å²) in [6, 6.07) is 9.92. The lowest BCUT2D eigenvalue weighted by atomic mass is 10.1. The van der Waals surface area contributed by atoms with E-state index in [9.17, 15) is 8.42 Å². The van der Waals surface area contributed by atoms with Crippen molar-refractivity contribution in [2.45, 2.75) is 6.54 Å². The molecule has 1 aromatic heterocycles. The van der Waals surface area contributed by atoms with Gasteiger partial charge in [-0.25, -0.2) is 12.7 Å². The number of hydrogen-bond acceptors (Lipinski definition) is 4. The standard InChI is InChI=1S/C14H20N4O2S/c1-18(2)21(19,20)9-8-15-10-13-11-16-17-14(13)12-6-4-3-5-7-12/h3-7,11,15H,8-10H2,1-2H3,(H,16,17). The van der Waals surface area contributed by atoms with Gasteiger partial charge in [0.15, 0.2) is 0 Å². The van der Waals surface area contributed by atoms with Gasteiger partial charge in [0.05, 0.1) is 17.6 Å². The number of rotatable bonds is 7. The second-order valence-electron chi connectivity index (χ2n) is 4.91. The molecule has 2 rings (SSSR count). The number of hydrogen-bond donors (Lipinski definition) is 2. The molecule has 0 amide bonds. The van der Waals surface area contributed by atoms with Crippen molar-refractivity contribution in [1.82, 2.24) is 19.8 Å². The lowest BCUT2D eigenvalue weighted by molar-refractivity contribution is 0.517. The van der Waals surface area contributed by atoms with Crippen molar-refractivity contribution < 1.29 is 8.42 Å². The van der Waals surface area contributed by atoms with Crippen molar-refractivity contribution in [3.05, 3.63) is 42.1 Å². The first kappa shape index (κ1) is 15.7. The highest BCUT2D eigenvalue weighted by Gasteiger charge is 2.13. The Labute approximate surface area is 125 Å². The summed E-state index contributed by atoms with van der Waals surface area (Å²) in [6.07, 6.45) is 1.76. The number of sulfonamides is 1. The van der Waals surface area contributed by atoms with Crippen LogP contribution in [0.3, 0.4) is 0 Å². The molecule has 0 aliphatic rings. The summed E-state index contributed by atoms with van der Waals surface area (Å²) in [7, 11) is -0.0730. The molecule has 114 valence electrons. The van der Waals surface area contributed by atoms with Crippen LogP contribution in [0.15, 0.2) is 36.5 Å². The number of aromatic amines is 1. The summed E-state index contributed by atoms with van der Waals surface area (Å²) in [5.74, 6) is 0.0819. The zero-order chi connectivity index (χ0) is 15.3. The van der Waals surface area contributed by atoms with E-state index in [0.717, 1.165) is 16.8 Å². The van der Waals surface area contributed by atoms with E-state index in [-0.39, 0.29) is 5.75 Å². The zero-order valence-electron chi connectivity index (χ0n) is 12.2. The molecule has 0 aliphatic carbocycles. The highest BCUT2D eigenvalue weighted by atomic mass is 32.2. The summed E-state index contributed by atoms with van der Waals surface area (Å²) in [4.78, 5) is 0. The van der Waals surface area contributed by atoms with Crippen LogP contribution < -0.4 is 5.32 Å². The Hall–Kier alpha value is -1.70. The van der Waals surface area contributed by atoms with Gasteiger partial charge in [-0.2, -0.15) is 5.10 Å². The minimum Gasteiger partial charge on any atom is -0.311 e. The molecule has 7 heteroatoms. The zero-order valence-corrected chi connectivity index (χ0v) is 13.0. The highest BCUT2D eigenvalue weighted by molar-refractivity contribution is 7.89. The summed E-state index contributed by atoms with van der Waals surface area (Å²) in [5, 5.41) is 10.2. The molecule has 0 aliphatic heterocycles. The molecular formula is C14H20N4O2S. The van der Waals surface area contributed by atoms with Gasteiger partial charge in [-0.3, -0.25) is 5.10 Å². The predicted octanol–water partition coefficient (Wildman–Crippen LogP) is 1.06. The van der Waals surface area contributed by atoms with Crippen molar-refractivity contribution in [1.29, 1.82) is 0 Å². The minimum absolute atomic E-state index is 0.0819. The van der Waals surface area contributed by atoms with Gasteiger partial charge >= 0.3 is 0 Å². The fourth-order valence-corrected chi connectivity index (χ4v) is 2.67. The van der Waals surface area contributed by atoms with Crippen molar-refractivity contribution in [2.75, 3.05) is 26.4 Å². The first-order valence-electron chi connectivity index (χ1n) is 6.69. The van der Waals surface area contributed by atoms with Crippen LogP contribution in [-0.2, 0) is 16.6 Å². The molecule has 2 aromatic rings. The van der Waals surface area contributed by atoms with Gasteiger partial charge in [-0.1, -0.05) is 30.3 Å². The number of nitrogens with one attached hydrogen (secondary N) is 2. The molecule has 2 N–H and O–H groups in total. The van der Waals surface area contributed by atoms with Gasteiger partial charge in [0.1, 0.15) is 0 Å². The van der Waals surface area contributed by atoms with E-state index in [1.165, 1.54) is 4.31 Å². The number of aromatic nitrogens is 2. The van der Waals surface area contributed by atoms with Crippen molar-refractivity contribution in [3.8, 4) is 11.3 Å². The Morgan fingerprint density at radius 3 is 2.62 bits per heavy atom. The largest absolute Gasteiger partial charge is 0.311 e. The van der Waals surface area contributed by atoms with Crippen LogP contribution in [0.4, 0.5) is 0 Å². The van der Waals surface area contributed by atoms with Crippen LogP contribution >= 0.6 is 0 Å². The second-order valence-corrected chi connectivity index (χ2v) is 7.21. The van der Waals surface area contributed by atoms with E-state index in [4.69, 9.17) is 0 Å². The molecule has 0 atom stereocenters. The first-order valence-corrected chi connectivity index (χ1v) is 8.30. The molecule has 0 saturated heterocycles. The van der Waals surface area contributed by atoms with Crippen LogP contribution in [0.25, 0.3) is 11.3 Å². The maximum Gasteiger partial charge on any atom is 0.214 e. The molecule has 0 bridgehead atoms. The average molecular weight is 308 g/mol. The van der Waals surface area contributed by atoms with E-state index in [0.29, 0.717) is 13.1 Å². The summed E-state index contributed by atoms with van der Waals surface area (Å²) >= 11 is 0. The third kappa shape index (κ3) is 4.13. The van der Waals surface area contributed by atoms with Gasteiger partial charge < -0.3 is 5.32 Å². The van der Waals surface area contributed by atoms with Gasteiger partial charge in [0.25, 0.3) is 0 Å². The molecule has 0 saturated carbocycles. The molecular weight excluding hydrogens is 288 g/mol. The lowest BCUT2D eigenvalue weighted by Gasteiger charge is -2.11. The van der Waals surface area contributed by atoms with Crippen LogP contribution in [0.2, 0.25) is 0 Å². The predicted molar refractivity (Wildman–Crippen MR) is 83.2 cm³/mol. The van der Waals surface area contributed by atoms with Crippen LogP contribution in [0.1, 0.15) is 5.56 Å². The first-order chi connectivity index (χ1) is 10.0. The molecule has 0 unspecified atom stereocenters. The lowest BCUT2D eigenvalue weighted by Crippen LogP contribution is -2.31. The highest BCUT2D eigenvalue weighted by Crippen LogP contribution is 2.20. The number of nitrogens with zero attached hydrogens (tertiary/aromatic N) is 2. The number of benzene rings is 1. The van der Waals surface area contributed by atoms with E-state index < -0.39 is 10.0 Å². The van der Waals surface area contributed by atoms with Gasteiger partial charge in [0.2, 0.25) is 10.0 Å². The van der Waals surface area contributed by atoms with E-state index in [2.05, 4.69) is 15.5 Å². The fourth-order valence-electron chi connectivity index (χ4n) is 1.91. The summed E-state index contributed by atoms with van der Waals surface area (Å²) < 4.78 is 24.5. The third-order valence-corrected chi connectivity index (χ3v) is 5.02. The van der Waals surface area contributed by atoms with Crippen molar-refractivity contribution >= 4 is 10.0 Å². The summed E-state index contributed by atoms with van der Waals surface area (Å²) in [5.41, 5.74) is 3.04. The van der Waals surface area contributed by atoms with Crippen LogP contribution in [-0.4, -0.2) is 49.3 Å². The summed E-state index contributed by atoms with van der Waals surface area (Å²) in [6.45, 7) is 0.976. The van der Waals surface area contributed by atoms with Crippen molar-refractivity contribution in [2.24, 2.45) is 0 Å². The van der Waals surface area contributed by atoms with E-state index >= 15 is 0 Å². The molecule has 1 aromatic carbocycles. The van der Waals surface area contributed by atoms with Gasteiger partial charge in [0, 0.05) is 32.7 Å². The molecule has 1 heterocycles. The van der Waals surface area contributed by atoms with Crippen LogP contribution in [0, 0.1) is 0 Å². The monoisotopic (exact) mass is 308 g/mol. The van der Waals surface area contributed by atoms with Gasteiger partial charge in [-0.05, 0) is 5.56 Å². The van der Waals surface area contributed by atoms with Crippen LogP contribution in [0.5, 0.6) is 0 Å². The molecule has 6 nitrogen and oxygen atoms in total. The Morgan fingerprint density at radius 2 is 1.95 bits per heavy atom. The third-order valence-electron chi connectivity index (χ3n) is 3.19. The quantitative estimate of drug-likeness (QED) is 0.750. The molecule has 21 heavy (non-hydrogen) atoms. The normalized spacial score (nSPS) is 12.0. The Bertz CT molecular complexity index is 665. The average Bonchev–Trinajstić information content (AvgIpc) is 2.93. The Morgan fingerprint density at radius 1 is 1.24 bits per heavy atom.